The van der Waals surface area contributed by atoms with Gasteiger partial charge in [-0.3, -0.25) is 9.59 Å². The molecule has 0 bridgehead atoms. The summed E-state index contributed by atoms with van der Waals surface area (Å²) < 4.78 is 2.75. The highest BCUT2D eigenvalue weighted by Crippen LogP contribution is 2.52. The number of ether oxygens (including phenoxy) is 1. The van der Waals surface area contributed by atoms with Crippen molar-refractivity contribution in [2.75, 3.05) is 11.9 Å². The van der Waals surface area contributed by atoms with Gasteiger partial charge < -0.3 is 15.0 Å². The second kappa shape index (κ2) is 8.83. The molecular weight excluding hydrogens is 527 g/mol. The van der Waals surface area contributed by atoms with Gasteiger partial charge in [-0.05, 0) is 12.5 Å². The number of hydrogen-bond donors (Lipinski definition) is 1. The minimum absolute atomic E-state index is 0.173. The van der Waals surface area contributed by atoms with Gasteiger partial charge in [0.1, 0.15) is 24.1 Å². The summed E-state index contributed by atoms with van der Waals surface area (Å²) in [4.78, 5) is 39.2. The first kappa shape index (κ1) is 23.0. The van der Waals surface area contributed by atoms with E-state index in [1.165, 1.54) is 16.7 Å². The molecule has 2 aliphatic rings. The van der Waals surface area contributed by atoms with E-state index in [0.717, 1.165) is 5.56 Å². The molecule has 6 nitrogen and oxygen atoms in total. The molecule has 3 rings (SSSR count). The van der Waals surface area contributed by atoms with E-state index < -0.39 is 33.2 Å². The van der Waals surface area contributed by atoms with Crippen LogP contribution in [0.3, 0.4) is 0 Å². The lowest BCUT2D eigenvalue weighted by Gasteiger charge is -2.44. The second-order valence-electron chi connectivity index (χ2n) is 7.03. The maximum atomic E-state index is 12.7. The fourth-order valence-electron chi connectivity index (χ4n) is 3.36. The number of hydrogen-bond acceptors (Lipinski definition) is 5. The van der Waals surface area contributed by atoms with Crippen LogP contribution in [-0.2, 0) is 25.5 Å². The van der Waals surface area contributed by atoms with Crippen molar-refractivity contribution in [2.24, 2.45) is 0 Å². The summed E-state index contributed by atoms with van der Waals surface area (Å²) in [5, 5.41) is 2.85. The van der Waals surface area contributed by atoms with Crippen molar-refractivity contribution in [3.63, 3.8) is 0 Å². The first-order valence-corrected chi connectivity index (χ1v) is 11.8. The van der Waals surface area contributed by atoms with Crippen LogP contribution in [0.25, 0.3) is 0 Å². The predicted octanol–water partition coefficient (Wildman–Crippen LogP) is 3.06. The van der Waals surface area contributed by atoms with Crippen molar-refractivity contribution in [3.8, 4) is 0 Å². The van der Waals surface area contributed by atoms with Crippen molar-refractivity contribution in [3.05, 3.63) is 35.9 Å². The van der Waals surface area contributed by atoms with Gasteiger partial charge in [0.15, 0.2) is 0 Å². The monoisotopic (exact) mass is 542 g/mol. The Balaban J connectivity index is 1.68. The van der Waals surface area contributed by atoms with Crippen LogP contribution in [0, 0.1) is 0 Å². The molecule has 158 valence electrons. The standard InChI is InChI=1S/C18H18BrCl3N2O4S/c1-17(8-19)13(16(27)28-9-18(20,21)22)24-14(26)12(15(24)29-17)23-11(25)7-10-5-3-2-4-6-10/h2-6,12-13,15H,7-9H2,1H3,(H,23,25)/t12-,13+,15-,17+/m1/s1. The molecule has 0 aromatic heterocycles. The van der Waals surface area contributed by atoms with Crippen LogP contribution in [0.1, 0.15) is 12.5 Å². The molecule has 11 heteroatoms. The summed E-state index contributed by atoms with van der Waals surface area (Å²) in [6.45, 7) is 1.43. The number of nitrogens with zero attached hydrogens (tertiary/aromatic N) is 1. The van der Waals surface area contributed by atoms with E-state index in [4.69, 9.17) is 39.5 Å². The summed E-state index contributed by atoms with van der Waals surface area (Å²) in [6, 6.07) is 7.71. The minimum Gasteiger partial charge on any atom is -0.460 e. The third-order valence-electron chi connectivity index (χ3n) is 4.72. The summed E-state index contributed by atoms with van der Waals surface area (Å²) in [6.07, 6.45) is 0.173. The molecule has 4 atom stereocenters. The van der Waals surface area contributed by atoms with Gasteiger partial charge in [0, 0.05) is 5.33 Å². The number of amides is 2. The number of carbonyl (C=O) groups is 3. The molecule has 0 unspecified atom stereocenters. The van der Waals surface area contributed by atoms with Crippen LogP contribution in [0.5, 0.6) is 0 Å². The normalized spacial score (nSPS) is 28.5. The molecular formula is C18H18BrCl3N2O4S. The quantitative estimate of drug-likeness (QED) is 0.339. The van der Waals surface area contributed by atoms with Gasteiger partial charge >= 0.3 is 5.97 Å². The Kier molecular flexibility index (Phi) is 7.00. The molecule has 2 aliphatic heterocycles. The second-order valence-corrected chi connectivity index (χ2v) is 11.8. The number of fused-ring (bicyclic) bond motifs is 1. The van der Waals surface area contributed by atoms with Crippen LogP contribution in [0.4, 0.5) is 0 Å². The molecule has 0 aliphatic carbocycles. The number of alkyl halides is 4. The summed E-state index contributed by atoms with van der Waals surface area (Å²) in [5.74, 6) is -1.22. The smallest absolute Gasteiger partial charge is 0.330 e. The minimum atomic E-state index is -1.74. The van der Waals surface area contributed by atoms with Crippen molar-refractivity contribution >= 4 is 80.3 Å². The number of esters is 1. The van der Waals surface area contributed by atoms with E-state index in [1.807, 2.05) is 37.3 Å². The Morgan fingerprint density at radius 2 is 1.97 bits per heavy atom. The Hall–Kier alpha value is -0.670. The molecule has 2 saturated heterocycles. The highest BCUT2D eigenvalue weighted by atomic mass is 79.9. The van der Waals surface area contributed by atoms with Gasteiger partial charge in [-0.1, -0.05) is 81.1 Å². The number of halogens is 4. The van der Waals surface area contributed by atoms with Gasteiger partial charge in [-0.2, -0.15) is 0 Å². The van der Waals surface area contributed by atoms with E-state index in [-0.39, 0.29) is 23.6 Å². The Labute approximate surface area is 196 Å². The number of nitrogens with one attached hydrogen (secondary N) is 1. The van der Waals surface area contributed by atoms with Gasteiger partial charge in [-0.15, -0.1) is 11.8 Å². The van der Waals surface area contributed by atoms with Crippen molar-refractivity contribution in [1.29, 1.82) is 0 Å². The number of thioether (sulfide) groups is 1. The summed E-state index contributed by atoms with van der Waals surface area (Å²) >= 11 is 21.8. The fourth-order valence-corrected chi connectivity index (χ4v) is 5.84. The third kappa shape index (κ3) is 4.98. The van der Waals surface area contributed by atoms with Gasteiger partial charge in [-0.25, -0.2) is 4.79 Å². The molecule has 2 heterocycles. The van der Waals surface area contributed by atoms with E-state index in [1.54, 1.807) is 0 Å². The summed E-state index contributed by atoms with van der Waals surface area (Å²) in [5.41, 5.74) is 0.853. The first-order valence-electron chi connectivity index (χ1n) is 8.68. The fraction of sp³-hybridized carbons (Fsp3) is 0.500. The van der Waals surface area contributed by atoms with Gasteiger partial charge in [0.05, 0.1) is 11.2 Å². The van der Waals surface area contributed by atoms with Crippen LogP contribution in [0.15, 0.2) is 30.3 Å². The zero-order chi connectivity index (χ0) is 21.4. The predicted molar refractivity (Wildman–Crippen MR) is 118 cm³/mol. The van der Waals surface area contributed by atoms with E-state index in [2.05, 4.69) is 21.2 Å². The zero-order valence-electron chi connectivity index (χ0n) is 15.2. The molecule has 0 saturated carbocycles. The molecule has 1 aromatic rings. The number of carbonyl (C=O) groups excluding carboxylic acids is 3. The van der Waals surface area contributed by atoms with E-state index in [9.17, 15) is 14.4 Å². The Morgan fingerprint density at radius 3 is 2.55 bits per heavy atom. The molecule has 1 N–H and O–H groups in total. The lowest BCUT2D eigenvalue weighted by Crippen LogP contribution is -2.71. The van der Waals surface area contributed by atoms with E-state index in [0.29, 0.717) is 5.33 Å². The first-order chi connectivity index (χ1) is 13.6. The molecule has 29 heavy (non-hydrogen) atoms. The largest absolute Gasteiger partial charge is 0.460 e. The number of benzene rings is 1. The molecule has 0 spiro atoms. The number of β-lactam (4-membered cyclic amide) rings is 1. The topological polar surface area (TPSA) is 75.7 Å². The van der Waals surface area contributed by atoms with Crippen molar-refractivity contribution < 1.29 is 19.1 Å². The van der Waals surface area contributed by atoms with Crippen LogP contribution in [0.2, 0.25) is 0 Å². The third-order valence-corrected chi connectivity index (χ3v) is 8.23. The summed E-state index contributed by atoms with van der Waals surface area (Å²) in [7, 11) is 0. The Bertz CT molecular complexity index is 810. The number of rotatable bonds is 6. The highest BCUT2D eigenvalue weighted by Gasteiger charge is 2.65. The lowest BCUT2D eigenvalue weighted by molar-refractivity contribution is -0.164. The van der Waals surface area contributed by atoms with Gasteiger partial charge in [0.2, 0.25) is 15.6 Å². The van der Waals surface area contributed by atoms with E-state index >= 15 is 0 Å². The van der Waals surface area contributed by atoms with Crippen molar-refractivity contribution in [1.82, 2.24) is 10.2 Å². The molecule has 0 radical (unpaired) electrons. The molecule has 2 fully saturated rings. The molecule has 2 amide bonds. The maximum absolute atomic E-state index is 12.7. The van der Waals surface area contributed by atoms with Gasteiger partial charge in [0.25, 0.3) is 0 Å². The zero-order valence-corrected chi connectivity index (χ0v) is 19.9. The van der Waals surface area contributed by atoms with Crippen LogP contribution in [-0.4, -0.2) is 60.6 Å². The van der Waals surface area contributed by atoms with Crippen LogP contribution >= 0.6 is 62.5 Å². The van der Waals surface area contributed by atoms with Crippen molar-refractivity contribution in [2.45, 2.75) is 39.3 Å². The highest BCUT2D eigenvalue weighted by molar-refractivity contribution is 9.09. The average molecular weight is 545 g/mol. The SMILES string of the molecule is C[C@@]1(CBr)S[C@@H]2[C@H](NC(=O)Cc3ccccc3)C(=O)N2[C@H]1C(=O)OCC(Cl)(Cl)Cl. The molecule has 1 aromatic carbocycles. The van der Waals surface area contributed by atoms with Crippen LogP contribution < -0.4 is 5.32 Å². The Morgan fingerprint density at radius 1 is 1.31 bits per heavy atom. The average Bonchev–Trinajstić information content (AvgIpc) is 2.95. The lowest BCUT2D eigenvalue weighted by atomic mass is 9.95. The maximum Gasteiger partial charge on any atom is 0.330 e.